The number of hydrogen-bond acceptors (Lipinski definition) is 3. The highest BCUT2D eigenvalue weighted by Crippen LogP contribution is 2.31. The summed E-state index contributed by atoms with van der Waals surface area (Å²) in [5.41, 5.74) is 0.343. The molecule has 0 radical (unpaired) electrons. The monoisotopic (exact) mass is 408 g/mol. The van der Waals surface area contributed by atoms with E-state index >= 15 is 0 Å². The largest absolute Gasteiger partial charge is 0.334 e. The van der Waals surface area contributed by atoms with Gasteiger partial charge in [-0.2, -0.15) is 0 Å². The first kappa shape index (κ1) is 20.3. The highest BCUT2D eigenvalue weighted by atomic mass is 32.1. The Labute approximate surface area is 165 Å². The molecule has 1 N–H and O–H groups in total. The molecule has 2 aromatic carbocycles. The van der Waals surface area contributed by atoms with E-state index in [9.17, 15) is 18.0 Å². The highest BCUT2D eigenvalue weighted by Gasteiger charge is 2.24. The maximum absolute atomic E-state index is 14.1. The first-order chi connectivity index (χ1) is 13.4. The van der Waals surface area contributed by atoms with Gasteiger partial charge in [-0.3, -0.25) is 9.69 Å². The molecule has 28 heavy (non-hydrogen) atoms. The summed E-state index contributed by atoms with van der Waals surface area (Å²) < 4.78 is 41.2. The number of rotatable bonds is 7. The number of anilines is 1. The fourth-order valence-electron chi connectivity index (χ4n) is 2.97. The number of benzene rings is 2. The third kappa shape index (κ3) is 4.34. The fraction of sp³-hybridized carbons (Fsp3) is 0.300. The maximum atomic E-state index is 14.1. The molecule has 148 valence electrons. The van der Waals surface area contributed by atoms with Gasteiger partial charge >= 0.3 is 0 Å². The van der Waals surface area contributed by atoms with Crippen LogP contribution in [0.1, 0.15) is 24.2 Å². The van der Waals surface area contributed by atoms with Gasteiger partial charge in [-0.1, -0.05) is 11.3 Å². The fourth-order valence-corrected chi connectivity index (χ4v) is 4.00. The van der Waals surface area contributed by atoms with Gasteiger partial charge < -0.3 is 4.90 Å². The normalized spacial score (nSPS) is 11.4. The minimum absolute atomic E-state index is 0.0356. The lowest BCUT2D eigenvalue weighted by molar-refractivity contribution is -0.894. The number of quaternary nitrogens is 1. The number of amides is 1. The van der Waals surface area contributed by atoms with Crippen molar-refractivity contribution < 1.29 is 22.9 Å². The Morgan fingerprint density at radius 1 is 1.07 bits per heavy atom. The second-order valence-corrected chi connectivity index (χ2v) is 7.41. The smallest absolute Gasteiger partial charge is 0.260 e. The highest BCUT2D eigenvalue weighted by molar-refractivity contribution is 7.22. The Balaban J connectivity index is 1.98. The van der Waals surface area contributed by atoms with Crippen molar-refractivity contribution in [1.82, 2.24) is 4.98 Å². The van der Waals surface area contributed by atoms with Crippen LogP contribution in [0.25, 0.3) is 10.2 Å². The molecule has 0 saturated heterocycles. The first-order valence-electron chi connectivity index (χ1n) is 9.09. The molecule has 0 aliphatic heterocycles. The van der Waals surface area contributed by atoms with Crippen molar-refractivity contribution in [1.29, 1.82) is 0 Å². The molecule has 0 unspecified atom stereocenters. The predicted molar refractivity (Wildman–Crippen MR) is 105 cm³/mol. The van der Waals surface area contributed by atoms with E-state index in [0.29, 0.717) is 28.5 Å². The van der Waals surface area contributed by atoms with Crippen LogP contribution in [-0.4, -0.2) is 37.1 Å². The van der Waals surface area contributed by atoms with Crippen molar-refractivity contribution >= 4 is 32.6 Å². The van der Waals surface area contributed by atoms with Gasteiger partial charge in [0.2, 0.25) is 0 Å². The van der Waals surface area contributed by atoms with Crippen LogP contribution in [0.4, 0.5) is 18.3 Å². The lowest BCUT2D eigenvalue weighted by atomic mass is 10.2. The first-order valence-corrected chi connectivity index (χ1v) is 9.91. The van der Waals surface area contributed by atoms with Gasteiger partial charge in [0.25, 0.3) is 5.91 Å². The third-order valence-electron chi connectivity index (χ3n) is 4.66. The molecular formula is C20H21F3N3OS+. The molecule has 1 amide bonds. The van der Waals surface area contributed by atoms with Crippen LogP contribution in [0.5, 0.6) is 0 Å². The molecule has 1 aromatic heterocycles. The number of aromatic nitrogens is 1. The Morgan fingerprint density at radius 3 is 2.39 bits per heavy atom. The van der Waals surface area contributed by atoms with Gasteiger partial charge in [0, 0.05) is 11.6 Å². The van der Waals surface area contributed by atoms with E-state index in [4.69, 9.17) is 0 Å². The Hall–Kier alpha value is -2.45. The van der Waals surface area contributed by atoms with Crippen LogP contribution in [-0.2, 0) is 0 Å². The Bertz CT molecular complexity index is 971. The van der Waals surface area contributed by atoms with E-state index in [1.807, 2.05) is 0 Å². The van der Waals surface area contributed by atoms with Crippen LogP contribution in [0.2, 0.25) is 0 Å². The van der Waals surface area contributed by atoms with Crippen LogP contribution < -0.4 is 9.80 Å². The van der Waals surface area contributed by atoms with Crippen LogP contribution in [0, 0.1) is 17.5 Å². The number of fused-ring (bicyclic) bond motifs is 1. The van der Waals surface area contributed by atoms with Crippen LogP contribution in [0.3, 0.4) is 0 Å². The van der Waals surface area contributed by atoms with E-state index in [-0.39, 0.29) is 11.4 Å². The average molecular weight is 408 g/mol. The van der Waals surface area contributed by atoms with Gasteiger partial charge in [0.05, 0.1) is 30.9 Å². The summed E-state index contributed by atoms with van der Waals surface area (Å²) in [6.45, 7) is 6.94. The Morgan fingerprint density at radius 2 is 1.75 bits per heavy atom. The molecule has 0 bridgehead atoms. The molecule has 3 rings (SSSR count). The predicted octanol–water partition coefficient (Wildman–Crippen LogP) is 3.29. The molecular weight excluding hydrogens is 387 g/mol. The SMILES string of the molecule is CC[NH+](CC)CCN(C(=O)c1ccc(F)cc1)c1nc2c(F)cc(F)cc2s1. The number of nitrogens with one attached hydrogen (secondary N) is 1. The van der Waals surface area contributed by atoms with E-state index in [2.05, 4.69) is 18.8 Å². The molecule has 0 aliphatic rings. The number of halogens is 3. The summed E-state index contributed by atoms with van der Waals surface area (Å²) in [7, 11) is 0. The zero-order valence-electron chi connectivity index (χ0n) is 15.6. The van der Waals surface area contributed by atoms with Gasteiger partial charge in [0.1, 0.15) is 17.2 Å². The topological polar surface area (TPSA) is 37.6 Å². The summed E-state index contributed by atoms with van der Waals surface area (Å²) in [5.74, 6) is -2.25. The van der Waals surface area contributed by atoms with Gasteiger partial charge in [-0.05, 0) is 44.2 Å². The van der Waals surface area contributed by atoms with E-state index in [0.717, 1.165) is 30.5 Å². The number of carbonyl (C=O) groups is 1. The molecule has 0 aliphatic carbocycles. The molecule has 4 nitrogen and oxygen atoms in total. The summed E-state index contributed by atoms with van der Waals surface area (Å²) in [5, 5.41) is 0.292. The number of likely N-dealkylation sites (N-methyl/N-ethyl adjacent to an activating group) is 1. The summed E-state index contributed by atoms with van der Waals surface area (Å²) in [6, 6.07) is 7.22. The quantitative estimate of drug-likeness (QED) is 0.652. The standard InChI is InChI=1S/C20H20F3N3OS/c1-3-25(4-2)9-10-26(19(27)13-5-7-14(21)8-6-13)20-24-18-16(23)11-15(22)12-17(18)28-20/h5-8,11-12H,3-4,9-10H2,1-2H3/p+1. The van der Waals surface area contributed by atoms with Crippen molar-refractivity contribution in [2.45, 2.75) is 13.8 Å². The maximum Gasteiger partial charge on any atom is 0.260 e. The number of thiazole rings is 1. The van der Waals surface area contributed by atoms with Gasteiger partial charge in [0.15, 0.2) is 10.9 Å². The molecule has 3 aromatic rings. The summed E-state index contributed by atoms with van der Waals surface area (Å²) in [6.07, 6.45) is 0. The van der Waals surface area contributed by atoms with Gasteiger partial charge in [-0.25, -0.2) is 18.2 Å². The van der Waals surface area contributed by atoms with E-state index < -0.39 is 17.5 Å². The second kappa shape index (κ2) is 8.70. The van der Waals surface area contributed by atoms with Crippen molar-refractivity contribution in [2.24, 2.45) is 0 Å². The van der Waals surface area contributed by atoms with Crippen LogP contribution >= 0.6 is 11.3 Å². The minimum Gasteiger partial charge on any atom is -0.334 e. The van der Waals surface area contributed by atoms with Crippen molar-refractivity contribution in [3.8, 4) is 0 Å². The zero-order valence-corrected chi connectivity index (χ0v) is 16.5. The summed E-state index contributed by atoms with van der Waals surface area (Å²) >= 11 is 1.06. The Kier molecular flexibility index (Phi) is 6.31. The van der Waals surface area contributed by atoms with E-state index in [1.165, 1.54) is 40.1 Å². The molecule has 0 atom stereocenters. The molecule has 8 heteroatoms. The number of nitrogens with zero attached hydrogens (tertiary/aromatic N) is 2. The lowest BCUT2D eigenvalue weighted by Gasteiger charge is -2.23. The van der Waals surface area contributed by atoms with Gasteiger partial charge in [-0.15, -0.1) is 0 Å². The van der Waals surface area contributed by atoms with E-state index in [1.54, 1.807) is 0 Å². The van der Waals surface area contributed by atoms with Crippen molar-refractivity contribution in [2.75, 3.05) is 31.1 Å². The number of hydrogen-bond donors (Lipinski definition) is 1. The second-order valence-electron chi connectivity index (χ2n) is 6.40. The van der Waals surface area contributed by atoms with Crippen molar-refractivity contribution in [3.63, 3.8) is 0 Å². The molecule has 0 fully saturated rings. The molecule has 0 spiro atoms. The zero-order chi connectivity index (χ0) is 20.3. The number of carbonyl (C=O) groups excluding carboxylic acids is 1. The van der Waals surface area contributed by atoms with Crippen LogP contribution in [0.15, 0.2) is 36.4 Å². The average Bonchev–Trinajstić information content (AvgIpc) is 3.09. The minimum atomic E-state index is -0.763. The third-order valence-corrected chi connectivity index (χ3v) is 5.68. The molecule has 0 saturated carbocycles. The molecule has 1 heterocycles. The summed E-state index contributed by atoms with van der Waals surface area (Å²) in [4.78, 5) is 20.1. The lowest BCUT2D eigenvalue weighted by Crippen LogP contribution is -3.12. The van der Waals surface area contributed by atoms with Crippen molar-refractivity contribution in [3.05, 3.63) is 59.4 Å².